The first-order valence-corrected chi connectivity index (χ1v) is 11.0. The van der Waals surface area contributed by atoms with Crippen LogP contribution in [0.1, 0.15) is 44.9 Å². The highest BCUT2D eigenvalue weighted by atomic mass is 16.3. The minimum atomic E-state index is -0.994. The smallest absolute Gasteiger partial charge is 0.258 e. The molecule has 0 aromatic heterocycles. The van der Waals surface area contributed by atoms with Crippen molar-refractivity contribution < 1.29 is 14.7 Å². The Labute approximate surface area is 167 Å². The first-order valence-electron chi connectivity index (χ1n) is 11.0. The summed E-state index contributed by atoms with van der Waals surface area (Å²) in [7, 11) is 0. The van der Waals surface area contributed by atoms with E-state index >= 15 is 0 Å². The molecule has 1 spiro atoms. The lowest BCUT2D eigenvalue weighted by atomic mass is 9.74. The van der Waals surface area contributed by atoms with Crippen LogP contribution in [0.4, 0.5) is 0 Å². The zero-order valence-electron chi connectivity index (χ0n) is 16.9. The van der Waals surface area contributed by atoms with Crippen molar-refractivity contribution in [1.29, 1.82) is 0 Å². The quantitative estimate of drug-likeness (QED) is 0.545. The van der Waals surface area contributed by atoms with Gasteiger partial charge in [-0.05, 0) is 45.3 Å². The molecule has 4 aliphatic rings. The Balaban J connectivity index is 1.20. The summed E-state index contributed by atoms with van der Waals surface area (Å²) in [6.45, 7) is 7.52. The van der Waals surface area contributed by atoms with Crippen LogP contribution in [0.15, 0.2) is 0 Å². The Morgan fingerprint density at radius 3 is 2.32 bits per heavy atom. The molecule has 3 N–H and O–H groups in total. The Morgan fingerprint density at radius 2 is 1.64 bits per heavy atom. The summed E-state index contributed by atoms with van der Waals surface area (Å²) in [4.78, 5) is 31.4. The molecule has 0 radical (unpaired) electrons. The summed E-state index contributed by atoms with van der Waals surface area (Å²) < 4.78 is 0. The summed E-state index contributed by atoms with van der Waals surface area (Å²) in [6.07, 6.45) is 5.21. The summed E-state index contributed by atoms with van der Waals surface area (Å²) in [5, 5.41) is 17.6. The lowest BCUT2D eigenvalue weighted by Crippen LogP contribution is -2.62. The number of aliphatic hydroxyl groups is 1. The zero-order chi connectivity index (χ0) is 19.6. The number of nitrogens with zero attached hydrogens (tertiary/aromatic N) is 3. The van der Waals surface area contributed by atoms with Gasteiger partial charge in [0.25, 0.3) is 5.91 Å². The van der Waals surface area contributed by atoms with E-state index in [-0.39, 0.29) is 11.8 Å². The number of nitrogens with one attached hydrogen (secondary N) is 2. The summed E-state index contributed by atoms with van der Waals surface area (Å²) >= 11 is 0. The minimum absolute atomic E-state index is 0.0866. The Bertz CT molecular complexity index is 566. The van der Waals surface area contributed by atoms with Gasteiger partial charge < -0.3 is 10.0 Å². The van der Waals surface area contributed by atoms with Crippen LogP contribution in [0, 0.1) is 5.41 Å². The molecule has 4 rings (SSSR count). The molecule has 0 bridgehead atoms. The van der Waals surface area contributed by atoms with Gasteiger partial charge in [0.2, 0.25) is 5.91 Å². The molecule has 3 aliphatic heterocycles. The van der Waals surface area contributed by atoms with Crippen molar-refractivity contribution in [2.45, 2.75) is 57.3 Å². The Morgan fingerprint density at radius 1 is 0.964 bits per heavy atom. The van der Waals surface area contributed by atoms with Crippen molar-refractivity contribution >= 4 is 11.8 Å². The summed E-state index contributed by atoms with van der Waals surface area (Å²) in [5.74, 6) is -0.450. The average Bonchev–Trinajstić information content (AvgIpc) is 3.19. The molecule has 3 heterocycles. The van der Waals surface area contributed by atoms with E-state index in [2.05, 4.69) is 20.4 Å². The molecule has 3 saturated heterocycles. The van der Waals surface area contributed by atoms with Crippen molar-refractivity contribution in [2.24, 2.45) is 5.41 Å². The molecule has 0 aromatic carbocycles. The lowest BCUT2D eigenvalue weighted by Gasteiger charge is -2.42. The fourth-order valence-electron chi connectivity index (χ4n) is 5.38. The lowest BCUT2D eigenvalue weighted by molar-refractivity contribution is -0.166. The molecule has 1 atom stereocenters. The van der Waals surface area contributed by atoms with Crippen LogP contribution >= 0.6 is 0 Å². The van der Waals surface area contributed by atoms with E-state index in [1.807, 2.05) is 0 Å². The van der Waals surface area contributed by atoms with Crippen molar-refractivity contribution in [2.75, 3.05) is 52.4 Å². The number of likely N-dealkylation sites (tertiary alicyclic amines) is 1. The molecule has 1 unspecified atom stereocenters. The Kier molecular flexibility index (Phi) is 6.32. The second kappa shape index (κ2) is 8.75. The Hall–Kier alpha value is -1.06. The van der Waals surface area contributed by atoms with E-state index in [1.165, 1.54) is 11.3 Å². The number of hydrogen-bond acceptors (Lipinski definition) is 7. The highest BCUT2D eigenvalue weighted by Gasteiger charge is 2.52. The number of imide groups is 1. The first-order chi connectivity index (χ1) is 13.6. The zero-order valence-corrected chi connectivity index (χ0v) is 16.9. The molecule has 2 amide bonds. The first kappa shape index (κ1) is 20.2. The normalized spacial score (nSPS) is 30.5. The highest BCUT2D eigenvalue weighted by molar-refractivity contribution is 6.01. The van der Waals surface area contributed by atoms with Crippen LogP contribution in [0.25, 0.3) is 0 Å². The number of carbonyl (C=O) groups excluding carboxylic acids is 2. The van der Waals surface area contributed by atoms with Gasteiger partial charge in [-0.15, -0.1) is 0 Å². The summed E-state index contributed by atoms with van der Waals surface area (Å²) in [5.41, 5.74) is -0.470. The number of rotatable bonds is 5. The van der Waals surface area contributed by atoms with Crippen LogP contribution in [0.2, 0.25) is 0 Å². The van der Waals surface area contributed by atoms with Gasteiger partial charge in [-0.2, -0.15) is 0 Å². The fraction of sp³-hybridized carbons (Fsp3) is 0.900. The number of amides is 2. The maximum Gasteiger partial charge on any atom is 0.258 e. The molecule has 1 saturated carbocycles. The molecule has 0 aromatic rings. The van der Waals surface area contributed by atoms with E-state index < -0.39 is 11.5 Å². The molecular formula is C20H35N5O3. The highest BCUT2D eigenvalue weighted by Crippen LogP contribution is 2.47. The maximum atomic E-state index is 12.6. The van der Waals surface area contributed by atoms with Crippen LogP contribution in [-0.2, 0) is 9.59 Å². The summed E-state index contributed by atoms with van der Waals surface area (Å²) in [6, 6.07) is 0. The third kappa shape index (κ3) is 4.11. The second-order valence-corrected chi connectivity index (χ2v) is 8.93. The van der Waals surface area contributed by atoms with Gasteiger partial charge in [-0.25, -0.2) is 0 Å². The number of aliphatic hydroxyl groups excluding tert-OH is 1. The molecule has 4 fully saturated rings. The monoisotopic (exact) mass is 393 g/mol. The molecular weight excluding hydrogens is 358 g/mol. The maximum absolute atomic E-state index is 12.6. The van der Waals surface area contributed by atoms with Crippen LogP contribution in [-0.4, -0.2) is 96.4 Å². The van der Waals surface area contributed by atoms with Crippen LogP contribution in [0.5, 0.6) is 0 Å². The van der Waals surface area contributed by atoms with Gasteiger partial charge in [0.1, 0.15) is 12.4 Å². The van der Waals surface area contributed by atoms with Gasteiger partial charge >= 0.3 is 0 Å². The van der Waals surface area contributed by atoms with E-state index in [1.54, 1.807) is 0 Å². The predicted octanol–water partition coefficient (Wildman–Crippen LogP) is -0.459. The topological polar surface area (TPSA) is 88.2 Å². The molecule has 158 valence electrons. The minimum Gasteiger partial charge on any atom is -0.383 e. The molecule has 1 aliphatic carbocycles. The largest absolute Gasteiger partial charge is 0.383 e. The van der Waals surface area contributed by atoms with E-state index in [0.717, 1.165) is 77.9 Å². The van der Waals surface area contributed by atoms with Gasteiger partial charge in [0.05, 0.1) is 0 Å². The third-order valence-electron chi connectivity index (χ3n) is 7.14. The van der Waals surface area contributed by atoms with Crippen LogP contribution in [0.3, 0.4) is 0 Å². The van der Waals surface area contributed by atoms with Crippen molar-refractivity contribution in [1.82, 2.24) is 25.3 Å². The predicted molar refractivity (Wildman–Crippen MR) is 105 cm³/mol. The average molecular weight is 394 g/mol. The number of carbonyl (C=O) groups is 2. The second-order valence-electron chi connectivity index (χ2n) is 8.93. The number of piperazine rings is 1. The van der Waals surface area contributed by atoms with Crippen molar-refractivity contribution in [3.63, 3.8) is 0 Å². The molecule has 8 nitrogen and oxygen atoms in total. The number of piperidine rings is 1. The van der Waals surface area contributed by atoms with E-state index in [9.17, 15) is 14.7 Å². The van der Waals surface area contributed by atoms with Crippen molar-refractivity contribution in [3.8, 4) is 0 Å². The fourth-order valence-corrected chi connectivity index (χ4v) is 5.38. The van der Waals surface area contributed by atoms with Gasteiger partial charge in [-0.1, -0.05) is 12.8 Å². The van der Waals surface area contributed by atoms with Gasteiger partial charge in [0.15, 0.2) is 0 Å². The number of hydrogen-bond donors (Lipinski definition) is 3. The van der Waals surface area contributed by atoms with Crippen molar-refractivity contribution in [3.05, 3.63) is 0 Å². The van der Waals surface area contributed by atoms with Gasteiger partial charge in [-0.3, -0.25) is 30.0 Å². The third-order valence-corrected chi connectivity index (χ3v) is 7.14. The van der Waals surface area contributed by atoms with E-state index in [4.69, 9.17) is 0 Å². The van der Waals surface area contributed by atoms with E-state index in [0.29, 0.717) is 19.3 Å². The molecule has 28 heavy (non-hydrogen) atoms. The van der Waals surface area contributed by atoms with Crippen LogP contribution < -0.4 is 10.6 Å². The molecule has 8 heteroatoms. The van der Waals surface area contributed by atoms with Gasteiger partial charge in [0, 0.05) is 44.6 Å². The SMILES string of the molecule is O=C1CC2(CCCC2)C(O)C(=O)N1CCCN1CCN(C2NCCCN2)CC1. The standard InChI is InChI=1S/C20H35N5O3/c26-16-15-20(5-1-2-6-20)17(27)18(28)25(16)10-4-9-23-11-13-24(14-12-23)19-21-7-3-8-22-19/h17,19,21-22,27H,1-15H2.